The molecule has 3 aromatic heterocycles. The first kappa shape index (κ1) is 23.8. The van der Waals surface area contributed by atoms with Crippen LogP contribution in [0, 0.1) is 5.92 Å². The van der Waals surface area contributed by atoms with Gasteiger partial charge in [-0.3, -0.25) is 4.68 Å². The molecule has 4 heterocycles. The molecule has 1 fully saturated rings. The Balaban J connectivity index is 1.23. The van der Waals surface area contributed by atoms with E-state index in [9.17, 15) is 0 Å². The highest BCUT2D eigenvalue weighted by molar-refractivity contribution is 5.77. The highest BCUT2D eigenvalue weighted by atomic mass is 16.5. The number of H-pyrrole nitrogens is 1. The summed E-state index contributed by atoms with van der Waals surface area (Å²) in [5.41, 5.74) is 12.2. The van der Waals surface area contributed by atoms with Gasteiger partial charge in [-0.25, -0.2) is 4.98 Å². The van der Waals surface area contributed by atoms with Crippen LogP contribution in [0.5, 0.6) is 5.75 Å². The van der Waals surface area contributed by atoms with Crippen molar-refractivity contribution in [3.63, 3.8) is 0 Å². The van der Waals surface area contributed by atoms with E-state index in [1.165, 1.54) is 5.56 Å². The van der Waals surface area contributed by atoms with E-state index in [1.54, 1.807) is 0 Å². The van der Waals surface area contributed by atoms with Gasteiger partial charge in [0.2, 0.25) is 5.65 Å². The summed E-state index contributed by atoms with van der Waals surface area (Å²) >= 11 is 0. The van der Waals surface area contributed by atoms with Crippen LogP contribution in [-0.4, -0.2) is 48.9 Å². The third kappa shape index (κ3) is 4.97. The van der Waals surface area contributed by atoms with Crippen LogP contribution in [0.2, 0.25) is 0 Å². The van der Waals surface area contributed by atoms with Gasteiger partial charge in [0, 0.05) is 24.1 Å². The van der Waals surface area contributed by atoms with Gasteiger partial charge >= 0.3 is 0 Å². The van der Waals surface area contributed by atoms with Crippen molar-refractivity contribution in [1.82, 2.24) is 35.5 Å². The summed E-state index contributed by atoms with van der Waals surface area (Å²) < 4.78 is 8.67. The smallest absolute Gasteiger partial charge is 0.203 e. The first-order valence-corrected chi connectivity index (χ1v) is 13.7. The lowest BCUT2D eigenvalue weighted by Gasteiger charge is -2.21. The van der Waals surface area contributed by atoms with Crippen LogP contribution in [0.15, 0.2) is 73.1 Å². The molecule has 0 radical (unpaired) electrons. The number of aromatic amines is 1. The molecule has 5 aromatic rings. The summed E-state index contributed by atoms with van der Waals surface area (Å²) in [6, 6.07) is 21.5. The number of hydrogen-bond donors (Lipinski definition) is 3. The molecule has 1 saturated carbocycles. The fraction of sp³-hybridized carbons (Fsp3) is 0.333. The molecule has 6 bridgehead atoms. The number of hydrogen-bond acceptors (Lipinski definition) is 7. The minimum atomic E-state index is 0.0502. The van der Waals surface area contributed by atoms with Gasteiger partial charge in [0.25, 0.3) is 0 Å². The van der Waals surface area contributed by atoms with Crippen LogP contribution in [0.1, 0.15) is 47.4 Å². The average molecular weight is 521 g/mol. The van der Waals surface area contributed by atoms with Gasteiger partial charge in [0.05, 0.1) is 12.7 Å². The van der Waals surface area contributed by atoms with Crippen molar-refractivity contribution in [2.24, 2.45) is 5.92 Å². The number of anilines is 1. The first-order chi connectivity index (χ1) is 19.2. The highest BCUT2D eigenvalue weighted by Crippen LogP contribution is 2.35. The summed E-state index contributed by atoms with van der Waals surface area (Å²) in [5.74, 6) is 1.86. The lowest BCUT2D eigenvalue weighted by molar-refractivity contribution is 0.157. The number of nitrogens with two attached hydrogens (primary N) is 1. The van der Waals surface area contributed by atoms with Gasteiger partial charge < -0.3 is 15.8 Å². The Morgan fingerprint density at radius 2 is 1.95 bits per heavy atom. The van der Waals surface area contributed by atoms with Crippen molar-refractivity contribution in [1.29, 1.82) is 0 Å². The number of ether oxygens (including phenoxy) is 1. The molecule has 1 aliphatic carbocycles. The minimum absolute atomic E-state index is 0.0502. The SMILES string of the molecule is Nc1cc([C@H]2CCN[C@H]3C[C@H](Cc4ccccc4)[C@@H](C3)Oc3cccc(c3)Cn3cc2cn3)c2n[nH]nc2n1. The summed E-state index contributed by atoms with van der Waals surface area (Å²) in [4.78, 5) is 4.36. The van der Waals surface area contributed by atoms with Gasteiger partial charge in [0.1, 0.15) is 23.2 Å². The number of nitrogens with one attached hydrogen (secondary N) is 2. The fourth-order valence-corrected chi connectivity index (χ4v) is 6.33. The Morgan fingerprint density at radius 1 is 1.03 bits per heavy atom. The number of benzene rings is 2. The van der Waals surface area contributed by atoms with Crippen molar-refractivity contribution < 1.29 is 4.74 Å². The summed E-state index contributed by atoms with van der Waals surface area (Å²) in [6.07, 6.45) is 8.19. The number of fused-ring (bicyclic) bond motifs is 7. The second-order valence-corrected chi connectivity index (χ2v) is 10.8. The summed E-state index contributed by atoms with van der Waals surface area (Å²) in [7, 11) is 0. The quantitative estimate of drug-likeness (QED) is 0.328. The molecule has 198 valence electrons. The van der Waals surface area contributed by atoms with Crippen molar-refractivity contribution in [2.75, 3.05) is 12.3 Å². The summed E-state index contributed by atoms with van der Waals surface area (Å²) in [6.45, 7) is 1.52. The van der Waals surface area contributed by atoms with Gasteiger partial charge in [-0.05, 0) is 72.7 Å². The van der Waals surface area contributed by atoms with Crippen molar-refractivity contribution in [3.8, 4) is 5.75 Å². The maximum absolute atomic E-state index is 6.68. The standard InChI is InChI=1S/C30H32N8O/c31-28-15-26(29-30(34-28)36-37-35-29)25-9-10-32-23-13-21(11-19-5-2-1-3-6-19)27(14-23)39-24-8-4-7-20(12-24)17-38-18-22(25)16-33-38/h1-8,12,15-16,18,21,23,25,27,32H,9-11,13-14,17H2,(H3,31,34,35,36,37)/t21-,23-,25-,27+/m0/s1. The molecule has 7 rings (SSSR count). The van der Waals surface area contributed by atoms with Crippen molar-refractivity contribution in [2.45, 2.75) is 50.3 Å². The molecule has 2 aliphatic rings. The summed E-state index contributed by atoms with van der Waals surface area (Å²) in [5, 5.41) is 19.9. The Morgan fingerprint density at radius 3 is 2.87 bits per heavy atom. The van der Waals surface area contributed by atoms with Crippen LogP contribution in [-0.2, 0) is 13.0 Å². The molecule has 2 aromatic carbocycles. The Labute approximate surface area is 226 Å². The minimum Gasteiger partial charge on any atom is -0.490 e. The van der Waals surface area contributed by atoms with Crippen LogP contribution in [0.4, 0.5) is 5.82 Å². The Kier molecular flexibility index (Phi) is 6.20. The van der Waals surface area contributed by atoms with Crippen LogP contribution < -0.4 is 15.8 Å². The van der Waals surface area contributed by atoms with Gasteiger partial charge in [0.15, 0.2) is 0 Å². The zero-order valence-electron chi connectivity index (χ0n) is 21.7. The second kappa shape index (κ2) is 10.1. The highest BCUT2D eigenvalue weighted by Gasteiger charge is 2.36. The van der Waals surface area contributed by atoms with E-state index in [0.717, 1.165) is 60.2 Å². The zero-order chi connectivity index (χ0) is 26.2. The lowest BCUT2D eigenvalue weighted by atomic mass is 9.90. The van der Waals surface area contributed by atoms with E-state index >= 15 is 0 Å². The Bertz CT molecular complexity index is 1580. The zero-order valence-corrected chi connectivity index (χ0v) is 21.7. The van der Waals surface area contributed by atoms with E-state index in [4.69, 9.17) is 15.6 Å². The van der Waals surface area contributed by atoms with E-state index in [0.29, 0.717) is 30.0 Å². The Hall–Kier alpha value is -4.24. The van der Waals surface area contributed by atoms with Crippen molar-refractivity contribution in [3.05, 3.63) is 95.3 Å². The number of rotatable bonds is 3. The first-order valence-electron chi connectivity index (χ1n) is 13.7. The largest absolute Gasteiger partial charge is 0.490 e. The predicted octanol–water partition coefficient (Wildman–Crippen LogP) is 4.07. The van der Waals surface area contributed by atoms with Crippen LogP contribution >= 0.6 is 0 Å². The molecule has 0 saturated heterocycles. The molecule has 0 amide bonds. The van der Waals surface area contributed by atoms with Crippen molar-refractivity contribution >= 4 is 17.0 Å². The third-order valence-corrected chi connectivity index (χ3v) is 8.14. The van der Waals surface area contributed by atoms with Gasteiger partial charge in [-0.15, -0.1) is 5.10 Å². The van der Waals surface area contributed by atoms with E-state index < -0.39 is 0 Å². The molecule has 9 nitrogen and oxygen atoms in total. The van der Waals surface area contributed by atoms with Crippen LogP contribution in [0.3, 0.4) is 0 Å². The normalized spacial score (nSPS) is 23.2. The monoisotopic (exact) mass is 520 g/mol. The molecule has 39 heavy (non-hydrogen) atoms. The molecular formula is C30H32N8O. The second-order valence-electron chi connectivity index (χ2n) is 10.8. The molecule has 0 unspecified atom stereocenters. The van der Waals surface area contributed by atoms with E-state index in [-0.39, 0.29) is 12.0 Å². The maximum Gasteiger partial charge on any atom is 0.203 e. The molecule has 4 atom stereocenters. The number of pyridine rings is 1. The topological polar surface area (TPSA) is 120 Å². The van der Waals surface area contributed by atoms with E-state index in [2.05, 4.69) is 86.5 Å². The number of nitrogens with zero attached hydrogens (tertiary/aromatic N) is 5. The van der Waals surface area contributed by atoms with Gasteiger partial charge in [-0.1, -0.05) is 42.5 Å². The molecule has 4 N–H and O–H groups in total. The molecule has 9 heteroatoms. The average Bonchev–Trinajstić information content (AvgIpc) is 3.68. The number of nitrogen functional groups attached to an aromatic ring is 1. The van der Waals surface area contributed by atoms with E-state index in [1.807, 2.05) is 16.9 Å². The predicted molar refractivity (Wildman–Crippen MR) is 149 cm³/mol. The molecule has 0 spiro atoms. The third-order valence-electron chi connectivity index (χ3n) is 8.14. The molecule has 1 aliphatic heterocycles. The molecular weight excluding hydrogens is 488 g/mol. The fourth-order valence-electron chi connectivity index (χ4n) is 6.33. The van der Waals surface area contributed by atoms with Crippen LogP contribution in [0.25, 0.3) is 11.2 Å². The maximum atomic E-state index is 6.68. The lowest BCUT2D eigenvalue weighted by Crippen LogP contribution is -2.29. The van der Waals surface area contributed by atoms with Gasteiger partial charge in [-0.2, -0.15) is 15.4 Å². The number of aromatic nitrogens is 6.